The third-order valence-corrected chi connectivity index (χ3v) is 4.49. The Bertz CT molecular complexity index is 361. The molecule has 1 saturated carbocycles. The lowest BCUT2D eigenvalue weighted by atomic mass is 9.86. The lowest BCUT2D eigenvalue weighted by Crippen LogP contribution is -2.41. The second-order valence-corrected chi connectivity index (χ2v) is 6.17. The van der Waals surface area contributed by atoms with Gasteiger partial charge in [0.2, 0.25) is 0 Å². The molecule has 1 aromatic carbocycles. The van der Waals surface area contributed by atoms with Gasteiger partial charge in [-0.15, -0.1) is 0 Å². The number of benzene rings is 1. The average Bonchev–Trinajstić information content (AvgIpc) is 2.42. The fraction of sp³-hybridized carbons (Fsp3) is 0.647. The van der Waals surface area contributed by atoms with Crippen molar-refractivity contribution in [2.24, 2.45) is 5.92 Å². The summed E-state index contributed by atoms with van der Waals surface area (Å²) in [4.78, 5) is 2.32. The summed E-state index contributed by atoms with van der Waals surface area (Å²) in [5.41, 5.74) is 1.41. The molecular weight excluding hydrogens is 232 g/mol. The van der Waals surface area contributed by atoms with E-state index in [4.69, 9.17) is 0 Å². The van der Waals surface area contributed by atoms with E-state index in [0.717, 1.165) is 12.5 Å². The maximum atomic E-state index is 3.81. The van der Waals surface area contributed by atoms with E-state index in [1.165, 1.54) is 31.2 Å². The zero-order valence-corrected chi connectivity index (χ0v) is 12.6. The van der Waals surface area contributed by atoms with Gasteiger partial charge in [-0.1, -0.05) is 50.1 Å². The summed E-state index contributed by atoms with van der Waals surface area (Å²) in [6.07, 6.45) is 5.53. The van der Waals surface area contributed by atoms with Gasteiger partial charge in [-0.2, -0.15) is 0 Å². The van der Waals surface area contributed by atoms with E-state index in [1.54, 1.807) is 0 Å². The Labute approximate surface area is 118 Å². The SMILES string of the molecule is CC1CCCCC1NCC(c1ccccc1)N(C)C. The van der Waals surface area contributed by atoms with Gasteiger partial charge in [0.25, 0.3) is 0 Å². The predicted molar refractivity (Wildman–Crippen MR) is 82.3 cm³/mol. The Morgan fingerprint density at radius 1 is 1.16 bits per heavy atom. The quantitative estimate of drug-likeness (QED) is 0.872. The molecule has 0 radical (unpaired) electrons. The van der Waals surface area contributed by atoms with Crippen LogP contribution in [-0.2, 0) is 0 Å². The molecule has 19 heavy (non-hydrogen) atoms. The first-order valence-electron chi connectivity index (χ1n) is 7.63. The second-order valence-electron chi connectivity index (χ2n) is 6.17. The van der Waals surface area contributed by atoms with Crippen LogP contribution in [-0.4, -0.2) is 31.6 Å². The number of hydrogen-bond acceptors (Lipinski definition) is 2. The van der Waals surface area contributed by atoms with E-state index in [9.17, 15) is 0 Å². The molecule has 0 aliphatic heterocycles. The van der Waals surface area contributed by atoms with Gasteiger partial charge in [-0.3, -0.25) is 0 Å². The van der Waals surface area contributed by atoms with E-state index in [2.05, 4.69) is 61.6 Å². The van der Waals surface area contributed by atoms with Crippen LogP contribution in [0.1, 0.15) is 44.2 Å². The van der Waals surface area contributed by atoms with Crippen LogP contribution in [0.2, 0.25) is 0 Å². The van der Waals surface area contributed by atoms with Crippen molar-refractivity contribution in [1.82, 2.24) is 10.2 Å². The Hall–Kier alpha value is -0.860. The Morgan fingerprint density at radius 2 is 1.84 bits per heavy atom. The molecular formula is C17H28N2. The van der Waals surface area contributed by atoms with Gasteiger partial charge >= 0.3 is 0 Å². The molecule has 0 spiro atoms. The lowest BCUT2D eigenvalue weighted by Gasteiger charge is -2.33. The Morgan fingerprint density at radius 3 is 2.47 bits per heavy atom. The molecule has 1 fully saturated rings. The molecule has 0 amide bonds. The van der Waals surface area contributed by atoms with Crippen molar-refractivity contribution < 1.29 is 0 Å². The summed E-state index contributed by atoms with van der Waals surface area (Å²) in [5, 5.41) is 3.81. The summed E-state index contributed by atoms with van der Waals surface area (Å²) < 4.78 is 0. The molecule has 2 rings (SSSR count). The lowest BCUT2D eigenvalue weighted by molar-refractivity contribution is 0.235. The monoisotopic (exact) mass is 260 g/mol. The molecule has 3 unspecified atom stereocenters. The average molecular weight is 260 g/mol. The summed E-state index contributed by atoms with van der Waals surface area (Å²) >= 11 is 0. The van der Waals surface area contributed by atoms with Gasteiger partial charge < -0.3 is 10.2 Å². The fourth-order valence-electron chi connectivity index (χ4n) is 3.16. The van der Waals surface area contributed by atoms with Gasteiger partial charge in [0.1, 0.15) is 0 Å². The first-order chi connectivity index (χ1) is 9.18. The van der Waals surface area contributed by atoms with Crippen molar-refractivity contribution in [2.75, 3.05) is 20.6 Å². The summed E-state index contributed by atoms with van der Waals surface area (Å²) in [7, 11) is 4.34. The highest BCUT2D eigenvalue weighted by Crippen LogP contribution is 2.25. The third kappa shape index (κ3) is 4.05. The minimum absolute atomic E-state index is 0.468. The minimum atomic E-state index is 0.468. The molecule has 3 atom stereocenters. The van der Waals surface area contributed by atoms with Crippen molar-refractivity contribution in [3.05, 3.63) is 35.9 Å². The van der Waals surface area contributed by atoms with Crippen molar-refractivity contribution in [2.45, 2.75) is 44.7 Å². The van der Waals surface area contributed by atoms with Crippen LogP contribution in [0.3, 0.4) is 0 Å². The topological polar surface area (TPSA) is 15.3 Å². The van der Waals surface area contributed by atoms with Crippen LogP contribution < -0.4 is 5.32 Å². The number of rotatable bonds is 5. The first kappa shape index (κ1) is 14.5. The van der Waals surface area contributed by atoms with Gasteiger partial charge in [0, 0.05) is 18.6 Å². The van der Waals surface area contributed by atoms with Crippen LogP contribution in [0.25, 0.3) is 0 Å². The molecule has 106 valence electrons. The van der Waals surface area contributed by atoms with Crippen LogP contribution >= 0.6 is 0 Å². The van der Waals surface area contributed by atoms with E-state index in [1.807, 2.05) is 0 Å². The van der Waals surface area contributed by atoms with E-state index >= 15 is 0 Å². The molecule has 2 nitrogen and oxygen atoms in total. The molecule has 0 aromatic heterocycles. The summed E-state index contributed by atoms with van der Waals surface area (Å²) in [5.74, 6) is 0.826. The van der Waals surface area contributed by atoms with Gasteiger partial charge in [0.15, 0.2) is 0 Å². The first-order valence-corrected chi connectivity index (χ1v) is 7.63. The van der Waals surface area contributed by atoms with Gasteiger partial charge in [-0.25, -0.2) is 0 Å². The van der Waals surface area contributed by atoms with Crippen LogP contribution in [0, 0.1) is 5.92 Å². The fourth-order valence-corrected chi connectivity index (χ4v) is 3.16. The number of likely N-dealkylation sites (N-methyl/N-ethyl adjacent to an activating group) is 1. The smallest absolute Gasteiger partial charge is 0.0466 e. The maximum absolute atomic E-state index is 3.81. The molecule has 2 heteroatoms. The zero-order chi connectivity index (χ0) is 13.7. The molecule has 1 aliphatic carbocycles. The van der Waals surface area contributed by atoms with Crippen LogP contribution in [0.4, 0.5) is 0 Å². The normalized spacial score (nSPS) is 25.5. The van der Waals surface area contributed by atoms with Crippen molar-refractivity contribution in [1.29, 1.82) is 0 Å². The van der Waals surface area contributed by atoms with E-state index in [-0.39, 0.29) is 0 Å². The molecule has 0 bridgehead atoms. The maximum Gasteiger partial charge on any atom is 0.0466 e. The largest absolute Gasteiger partial charge is 0.312 e. The highest BCUT2D eigenvalue weighted by molar-refractivity contribution is 5.19. The van der Waals surface area contributed by atoms with E-state index in [0.29, 0.717) is 12.1 Å². The van der Waals surface area contributed by atoms with Crippen molar-refractivity contribution in [3.8, 4) is 0 Å². The van der Waals surface area contributed by atoms with E-state index < -0.39 is 0 Å². The Balaban J connectivity index is 1.94. The van der Waals surface area contributed by atoms with Crippen molar-refractivity contribution >= 4 is 0 Å². The Kier molecular flexibility index (Phi) is 5.41. The van der Waals surface area contributed by atoms with Crippen LogP contribution in [0.5, 0.6) is 0 Å². The highest BCUT2D eigenvalue weighted by Gasteiger charge is 2.22. The standard InChI is InChI=1S/C17H28N2/c1-14-9-7-8-12-16(14)18-13-17(19(2)3)15-10-5-4-6-11-15/h4-6,10-11,14,16-18H,7-9,12-13H2,1-3H3. The summed E-state index contributed by atoms with van der Waals surface area (Å²) in [6.45, 7) is 3.44. The van der Waals surface area contributed by atoms with Crippen molar-refractivity contribution in [3.63, 3.8) is 0 Å². The van der Waals surface area contributed by atoms with Crippen LogP contribution in [0.15, 0.2) is 30.3 Å². The predicted octanol–water partition coefficient (Wildman–Crippen LogP) is 3.46. The molecule has 0 saturated heterocycles. The number of hydrogen-bond donors (Lipinski definition) is 1. The molecule has 1 aromatic rings. The molecule has 0 heterocycles. The molecule has 1 aliphatic rings. The number of nitrogens with zero attached hydrogens (tertiary/aromatic N) is 1. The number of nitrogens with one attached hydrogen (secondary N) is 1. The summed E-state index contributed by atoms with van der Waals surface area (Å²) in [6, 6.07) is 12.0. The molecule has 1 N–H and O–H groups in total. The second kappa shape index (κ2) is 7.06. The zero-order valence-electron chi connectivity index (χ0n) is 12.6. The minimum Gasteiger partial charge on any atom is -0.312 e. The van der Waals surface area contributed by atoms with Gasteiger partial charge in [0.05, 0.1) is 0 Å². The highest BCUT2D eigenvalue weighted by atomic mass is 15.1. The van der Waals surface area contributed by atoms with Gasteiger partial charge in [-0.05, 0) is 38.4 Å². The third-order valence-electron chi connectivity index (χ3n) is 4.49.